The second-order valence-electron chi connectivity index (χ2n) is 4.89. The minimum absolute atomic E-state index is 0.0302. The Bertz CT molecular complexity index is 607. The predicted molar refractivity (Wildman–Crippen MR) is 73.8 cm³/mol. The van der Waals surface area contributed by atoms with Crippen molar-refractivity contribution in [3.05, 3.63) is 21.7 Å². The van der Waals surface area contributed by atoms with Crippen LogP contribution in [0.3, 0.4) is 0 Å². The molecule has 1 saturated heterocycles. The lowest BCUT2D eigenvalue weighted by molar-refractivity contribution is -0.389. The predicted octanol–water partition coefficient (Wildman–Crippen LogP) is 1.67. The number of hydrogen-bond donors (Lipinski definition) is 1. The molecule has 1 fully saturated rings. The van der Waals surface area contributed by atoms with Crippen LogP contribution >= 0.6 is 11.3 Å². The number of thiazole rings is 1. The first kappa shape index (κ1) is 12.4. The molecule has 0 radical (unpaired) electrons. The Kier molecular flexibility index (Phi) is 3.11. The van der Waals surface area contributed by atoms with E-state index >= 15 is 0 Å². The molecule has 0 saturated carbocycles. The number of rotatable bonds is 4. The van der Waals surface area contributed by atoms with Crippen LogP contribution in [0.15, 0.2) is 11.6 Å². The second-order valence-corrected chi connectivity index (χ2v) is 5.77. The number of nitro groups is 1. The highest BCUT2D eigenvalue weighted by Gasteiger charge is 2.25. The fourth-order valence-electron chi connectivity index (χ4n) is 2.50. The van der Waals surface area contributed by atoms with Crippen LogP contribution in [0.25, 0.3) is 4.96 Å². The van der Waals surface area contributed by atoms with E-state index in [-0.39, 0.29) is 10.7 Å². The van der Waals surface area contributed by atoms with Gasteiger partial charge in [0.1, 0.15) is 6.20 Å². The van der Waals surface area contributed by atoms with E-state index in [1.165, 1.54) is 15.7 Å². The van der Waals surface area contributed by atoms with Crippen LogP contribution in [0.4, 0.5) is 11.6 Å². The van der Waals surface area contributed by atoms with Crippen molar-refractivity contribution in [3.8, 4) is 0 Å². The Morgan fingerprint density at radius 1 is 1.68 bits per heavy atom. The molecule has 2 aromatic rings. The quantitative estimate of drug-likeness (QED) is 0.681. The molecule has 3 heterocycles. The van der Waals surface area contributed by atoms with Crippen molar-refractivity contribution in [1.29, 1.82) is 0 Å². The summed E-state index contributed by atoms with van der Waals surface area (Å²) in [4.78, 5) is 18.0. The average Bonchev–Trinajstić information content (AvgIpc) is 3.00. The fourth-order valence-corrected chi connectivity index (χ4v) is 3.21. The molecular formula is C11H15N5O2S. The number of fused-ring (bicyclic) bond motifs is 1. The second kappa shape index (κ2) is 4.78. The lowest BCUT2D eigenvalue weighted by Gasteiger charge is -2.10. The average molecular weight is 281 g/mol. The first-order valence-electron chi connectivity index (χ1n) is 6.17. The summed E-state index contributed by atoms with van der Waals surface area (Å²) in [6.07, 6.45) is 2.80. The molecule has 0 aliphatic carbocycles. The van der Waals surface area contributed by atoms with E-state index in [0.29, 0.717) is 16.7 Å². The third kappa shape index (κ3) is 2.28. The van der Waals surface area contributed by atoms with Crippen LogP contribution in [0.5, 0.6) is 0 Å². The smallest absolute Gasteiger partial charge is 0.363 e. The summed E-state index contributed by atoms with van der Waals surface area (Å²) in [5, 5.41) is 16.1. The molecular weight excluding hydrogens is 266 g/mol. The molecule has 0 spiro atoms. The van der Waals surface area contributed by atoms with Crippen molar-refractivity contribution in [2.45, 2.75) is 6.42 Å². The van der Waals surface area contributed by atoms with Gasteiger partial charge in [-0.1, -0.05) is 11.3 Å². The van der Waals surface area contributed by atoms with Crippen molar-refractivity contribution < 1.29 is 4.92 Å². The summed E-state index contributed by atoms with van der Waals surface area (Å²) in [7, 11) is 2.09. The maximum absolute atomic E-state index is 11.1. The van der Waals surface area contributed by atoms with Gasteiger partial charge >= 0.3 is 5.82 Å². The van der Waals surface area contributed by atoms with E-state index in [1.54, 1.807) is 11.6 Å². The van der Waals surface area contributed by atoms with Gasteiger partial charge in [-0.3, -0.25) is 0 Å². The topological polar surface area (TPSA) is 75.7 Å². The molecule has 8 heteroatoms. The lowest BCUT2D eigenvalue weighted by atomic mass is 10.1. The molecule has 0 aromatic carbocycles. The third-order valence-electron chi connectivity index (χ3n) is 3.46. The molecule has 0 amide bonds. The Labute approximate surface area is 114 Å². The molecule has 3 rings (SSSR count). The van der Waals surface area contributed by atoms with Crippen LogP contribution < -0.4 is 5.32 Å². The van der Waals surface area contributed by atoms with Gasteiger partial charge < -0.3 is 20.3 Å². The normalized spacial score (nSPS) is 20.2. The van der Waals surface area contributed by atoms with Gasteiger partial charge in [0.05, 0.1) is 0 Å². The van der Waals surface area contributed by atoms with Crippen molar-refractivity contribution >= 4 is 27.9 Å². The largest absolute Gasteiger partial charge is 0.372 e. The van der Waals surface area contributed by atoms with Crippen LogP contribution in [-0.4, -0.2) is 45.9 Å². The van der Waals surface area contributed by atoms with Gasteiger partial charge in [0.25, 0.3) is 4.96 Å². The van der Waals surface area contributed by atoms with Gasteiger partial charge in [-0.15, -0.1) is 0 Å². The lowest BCUT2D eigenvalue weighted by Crippen LogP contribution is -2.19. The molecule has 7 nitrogen and oxygen atoms in total. The zero-order valence-corrected chi connectivity index (χ0v) is 11.4. The van der Waals surface area contributed by atoms with E-state index in [2.05, 4.69) is 22.2 Å². The van der Waals surface area contributed by atoms with Gasteiger partial charge in [0, 0.05) is 18.5 Å². The highest BCUT2D eigenvalue weighted by Crippen LogP contribution is 2.28. The summed E-state index contributed by atoms with van der Waals surface area (Å²) in [6.45, 7) is 2.85. The van der Waals surface area contributed by atoms with Crippen molar-refractivity contribution in [2.24, 2.45) is 5.92 Å². The monoisotopic (exact) mass is 281 g/mol. The first-order chi connectivity index (χ1) is 9.15. The van der Waals surface area contributed by atoms with E-state index in [9.17, 15) is 10.1 Å². The minimum atomic E-state index is -0.379. The number of anilines is 1. The van der Waals surface area contributed by atoms with E-state index < -0.39 is 0 Å². The van der Waals surface area contributed by atoms with Crippen LogP contribution in [-0.2, 0) is 0 Å². The molecule has 19 heavy (non-hydrogen) atoms. The van der Waals surface area contributed by atoms with E-state index in [0.717, 1.165) is 26.1 Å². The highest BCUT2D eigenvalue weighted by molar-refractivity contribution is 7.15. The molecule has 1 atom stereocenters. The Balaban J connectivity index is 1.78. The van der Waals surface area contributed by atoms with Crippen LogP contribution in [0.2, 0.25) is 0 Å². The summed E-state index contributed by atoms with van der Waals surface area (Å²) in [6, 6.07) is 0. The van der Waals surface area contributed by atoms with Gasteiger partial charge in [-0.25, -0.2) is 0 Å². The zero-order chi connectivity index (χ0) is 13.4. The summed E-state index contributed by atoms with van der Waals surface area (Å²) in [5.74, 6) is 0.943. The van der Waals surface area contributed by atoms with Gasteiger partial charge in [-0.2, -0.15) is 9.38 Å². The fraction of sp³-hybridized carbons (Fsp3) is 0.545. The molecule has 0 bridgehead atoms. The van der Waals surface area contributed by atoms with Gasteiger partial charge in [-0.05, 0) is 30.9 Å². The van der Waals surface area contributed by atoms with Crippen LogP contribution in [0.1, 0.15) is 6.42 Å². The van der Waals surface area contributed by atoms with E-state index in [1.807, 2.05) is 0 Å². The molecule has 102 valence electrons. The number of imidazole rings is 1. The van der Waals surface area contributed by atoms with Crippen molar-refractivity contribution in [1.82, 2.24) is 14.3 Å². The Hall–Kier alpha value is -1.67. The summed E-state index contributed by atoms with van der Waals surface area (Å²) in [5.41, 5.74) is 0. The van der Waals surface area contributed by atoms with Crippen molar-refractivity contribution in [2.75, 3.05) is 32.0 Å². The minimum Gasteiger partial charge on any atom is -0.363 e. The maximum atomic E-state index is 11.1. The molecule has 1 aliphatic rings. The van der Waals surface area contributed by atoms with Gasteiger partial charge in [0.2, 0.25) is 5.82 Å². The highest BCUT2D eigenvalue weighted by atomic mass is 32.1. The SMILES string of the molecule is CN1CCC(CNc2nc3sccn3c2[N+](=O)[O-])C1. The number of nitrogens with one attached hydrogen (secondary N) is 1. The molecule has 1 unspecified atom stereocenters. The van der Waals surface area contributed by atoms with E-state index in [4.69, 9.17) is 0 Å². The standard InChI is InChI=1S/C11H15N5O2S/c1-14-3-2-8(7-14)6-12-9-10(16(17)18)15-4-5-19-11(15)13-9/h4-5,8,12H,2-3,6-7H2,1H3. The summed E-state index contributed by atoms with van der Waals surface area (Å²) < 4.78 is 1.52. The van der Waals surface area contributed by atoms with Gasteiger partial charge in [0.15, 0.2) is 0 Å². The number of likely N-dealkylation sites (tertiary alicyclic amines) is 1. The number of nitrogens with zero attached hydrogens (tertiary/aromatic N) is 4. The first-order valence-corrected chi connectivity index (χ1v) is 7.05. The molecule has 1 N–H and O–H groups in total. The van der Waals surface area contributed by atoms with Crippen LogP contribution in [0, 0.1) is 16.0 Å². The third-order valence-corrected chi connectivity index (χ3v) is 4.21. The zero-order valence-electron chi connectivity index (χ0n) is 10.6. The molecule has 1 aliphatic heterocycles. The maximum Gasteiger partial charge on any atom is 0.372 e. The number of hydrogen-bond acceptors (Lipinski definition) is 6. The Morgan fingerprint density at radius 2 is 2.53 bits per heavy atom. The summed E-state index contributed by atoms with van der Waals surface area (Å²) >= 11 is 1.40. The number of aromatic nitrogens is 2. The van der Waals surface area contributed by atoms with Crippen molar-refractivity contribution in [3.63, 3.8) is 0 Å². The molecule has 2 aromatic heterocycles. The Morgan fingerprint density at radius 3 is 3.21 bits per heavy atom.